The molecule has 1 aliphatic heterocycles. The van der Waals surface area contributed by atoms with Crippen molar-refractivity contribution in [2.24, 2.45) is 0 Å². The molecule has 0 aliphatic carbocycles. The zero-order chi connectivity index (χ0) is 14.4. The van der Waals surface area contributed by atoms with Crippen LogP contribution in [0.25, 0.3) is 16.2 Å². The third-order valence-corrected chi connectivity index (χ3v) is 5.12. The molecule has 4 nitrogen and oxygen atoms in total. The summed E-state index contributed by atoms with van der Waals surface area (Å²) in [6.45, 7) is 6.48. The van der Waals surface area contributed by atoms with Gasteiger partial charge in [-0.05, 0) is 38.1 Å². The van der Waals surface area contributed by atoms with E-state index in [1.807, 2.05) is 4.52 Å². The second-order valence-electron chi connectivity index (χ2n) is 5.62. The average Bonchev–Trinajstić information content (AvgIpc) is 3.20. The summed E-state index contributed by atoms with van der Waals surface area (Å²) in [7, 11) is 0. The molecular weight excluding hydrogens is 280 g/mol. The van der Waals surface area contributed by atoms with Gasteiger partial charge in [0.15, 0.2) is 5.65 Å². The van der Waals surface area contributed by atoms with Gasteiger partial charge in [0, 0.05) is 30.4 Å². The van der Waals surface area contributed by atoms with Gasteiger partial charge in [-0.1, -0.05) is 6.07 Å². The number of hydrogen-bond acceptors (Lipinski definition) is 4. The maximum atomic E-state index is 4.82. The standard InChI is InChI=1S/C16H18N4S/c1-11-12(2)17-15-10-13(14-6-5-9-21-14)18-20(15)16(11)19-7-3-4-8-19/h5-6,9-10H,3-4,7-8H2,1-2H3. The van der Waals surface area contributed by atoms with E-state index in [4.69, 9.17) is 10.1 Å². The molecule has 1 aliphatic rings. The van der Waals surface area contributed by atoms with Gasteiger partial charge in [0.2, 0.25) is 0 Å². The highest BCUT2D eigenvalue weighted by molar-refractivity contribution is 7.13. The Kier molecular flexibility index (Phi) is 2.96. The second kappa shape index (κ2) is 4.84. The number of aromatic nitrogens is 3. The van der Waals surface area contributed by atoms with E-state index in [2.05, 4.69) is 42.3 Å². The minimum Gasteiger partial charge on any atom is -0.356 e. The molecule has 108 valence electrons. The first-order chi connectivity index (χ1) is 10.2. The first kappa shape index (κ1) is 12.8. The molecule has 0 aromatic carbocycles. The summed E-state index contributed by atoms with van der Waals surface area (Å²) in [5.41, 5.74) is 4.30. The molecule has 0 radical (unpaired) electrons. The zero-order valence-electron chi connectivity index (χ0n) is 12.3. The molecule has 0 N–H and O–H groups in total. The number of aryl methyl sites for hydroxylation is 1. The van der Waals surface area contributed by atoms with Crippen LogP contribution in [0, 0.1) is 13.8 Å². The van der Waals surface area contributed by atoms with Crippen molar-refractivity contribution in [3.05, 3.63) is 34.8 Å². The molecule has 0 spiro atoms. The number of hydrogen-bond donors (Lipinski definition) is 0. The molecule has 3 aromatic heterocycles. The SMILES string of the molecule is Cc1nc2cc(-c3cccs3)nn2c(N2CCCC2)c1C. The van der Waals surface area contributed by atoms with Crippen molar-refractivity contribution in [3.63, 3.8) is 0 Å². The maximum absolute atomic E-state index is 4.82. The molecule has 0 atom stereocenters. The van der Waals surface area contributed by atoms with Crippen LogP contribution >= 0.6 is 11.3 Å². The van der Waals surface area contributed by atoms with Gasteiger partial charge in [0.05, 0.1) is 4.88 Å². The van der Waals surface area contributed by atoms with Gasteiger partial charge in [0.1, 0.15) is 11.5 Å². The van der Waals surface area contributed by atoms with Gasteiger partial charge in [-0.25, -0.2) is 4.98 Å². The zero-order valence-corrected chi connectivity index (χ0v) is 13.2. The van der Waals surface area contributed by atoms with E-state index in [0.717, 1.165) is 30.1 Å². The summed E-state index contributed by atoms with van der Waals surface area (Å²) in [5, 5.41) is 6.91. The van der Waals surface area contributed by atoms with Crippen LogP contribution in [-0.4, -0.2) is 27.7 Å². The van der Waals surface area contributed by atoms with E-state index in [1.54, 1.807) is 11.3 Å². The highest BCUT2D eigenvalue weighted by Crippen LogP contribution is 2.30. The summed E-state index contributed by atoms with van der Waals surface area (Å²) in [4.78, 5) is 8.36. The Morgan fingerprint density at radius 3 is 2.71 bits per heavy atom. The van der Waals surface area contributed by atoms with Crippen molar-refractivity contribution in [2.45, 2.75) is 26.7 Å². The van der Waals surface area contributed by atoms with Crippen LogP contribution in [0.4, 0.5) is 5.82 Å². The van der Waals surface area contributed by atoms with Gasteiger partial charge in [-0.15, -0.1) is 11.3 Å². The summed E-state index contributed by atoms with van der Waals surface area (Å²) < 4.78 is 2.03. The third-order valence-electron chi connectivity index (χ3n) is 4.23. The predicted octanol–water partition coefficient (Wildman–Crippen LogP) is 3.67. The van der Waals surface area contributed by atoms with Crippen molar-refractivity contribution in [2.75, 3.05) is 18.0 Å². The topological polar surface area (TPSA) is 33.4 Å². The highest BCUT2D eigenvalue weighted by atomic mass is 32.1. The van der Waals surface area contributed by atoms with Crippen molar-refractivity contribution < 1.29 is 0 Å². The molecular formula is C16H18N4S. The van der Waals surface area contributed by atoms with E-state index < -0.39 is 0 Å². The van der Waals surface area contributed by atoms with Gasteiger partial charge in [-0.3, -0.25) is 0 Å². The van der Waals surface area contributed by atoms with Crippen LogP contribution in [-0.2, 0) is 0 Å². The summed E-state index contributed by atoms with van der Waals surface area (Å²) >= 11 is 1.72. The Labute approximate surface area is 128 Å². The number of thiophene rings is 1. The lowest BCUT2D eigenvalue weighted by atomic mass is 10.2. The van der Waals surface area contributed by atoms with E-state index in [-0.39, 0.29) is 0 Å². The number of nitrogens with zero attached hydrogens (tertiary/aromatic N) is 4. The van der Waals surface area contributed by atoms with Crippen LogP contribution in [0.2, 0.25) is 0 Å². The third kappa shape index (κ3) is 2.03. The smallest absolute Gasteiger partial charge is 0.158 e. The molecule has 4 heterocycles. The lowest BCUT2D eigenvalue weighted by molar-refractivity contribution is 0.836. The van der Waals surface area contributed by atoms with Crippen molar-refractivity contribution >= 4 is 22.8 Å². The largest absolute Gasteiger partial charge is 0.356 e. The summed E-state index contributed by atoms with van der Waals surface area (Å²) in [6.07, 6.45) is 2.53. The molecule has 0 bridgehead atoms. The van der Waals surface area contributed by atoms with E-state index in [9.17, 15) is 0 Å². The monoisotopic (exact) mass is 298 g/mol. The first-order valence-electron chi connectivity index (χ1n) is 7.40. The Bertz CT molecular complexity index is 782. The Hall–Kier alpha value is -1.88. The van der Waals surface area contributed by atoms with Gasteiger partial charge < -0.3 is 4.90 Å². The fraction of sp³-hybridized carbons (Fsp3) is 0.375. The summed E-state index contributed by atoms with van der Waals surface area (Å²) in [6, 6.07) is 6.27. The van der Waals surface area contributed by atoms with Crippen LogP contribution in [0.5, 0.6) is 0 Å². The predicted molar refractivity (Wildman–Crippen MR) is 87.2 cm³/mol. The van der Waals surface area contributed by atoms with E-state index >= 15 is 0 Å². The molecule has 21 heavy (non-hydrogen) atoms. The molecule has 0 unspecified atom stereocenters. The maximum Gasteiger partial charge on any atom is 0.158 e. The molecule has 0 saturated carbocycles. The molecule has 1 saturated heterocycles. The van der Waals surface area contributed by atoms with Gasteiger partial charge >= 0.3 is 0 Å². The molecule has 4 rings (SSSR count). The van der Waals surface area contributed by atoms with Crippen LogP contribution < -0.4 is 4.90 Å². The minimum atomic E-state index is 0.948. The Morgan fingerprint density at radius 1 is 1.19 bits per heavy atom. The number of rotatable bonds is 2. The Morgan fingerprint density at radius 2 is 2.00 bits per heavy atom. The molecule has 3 aromatic rings. The van der Waals surface area contributed by atoms with Crippen LogP contribution in [0.15, 0.2) is 23.6 Å². The Balaban J connectivity index is 1.95. The normalized spacial score (nSPS) is 15.2. The van der Waals surface area contributed by atoms with Crippen LogP contribution in [0.1, 0.15) is 24.1 Å². The van der Waals surface area contributed by atoms with Crippen molar-refractivity contribution in [1.82, 2.24) is 14.6 Å². The van der Waals surface area contributed by atoms with Crippen LogP contribution in [0.3, 0.4) is 0 Å². The van der Waals surface area contributed by atoms with E-state index in [0.29, 0.717) is 0 Å². The summed E-state index contributed by atoms with van der Waals surface area (Å²) in [5.74, 6) is 1.22. The van der Waals surface area contributed by atoms with Crippen molar-refractivity contribution in [3.8, 4) is 10.6 Å². The minimum absolute atomic E-state index is 0.948. The van der Waals surface area contributed by atoms with Gasteiger partial charge in [-0.2, -0.15) is 9.61 Å². The number of anilines is 1. The van der Waals surface area contributed by atoms with E-state index in [1.165, 1.54) is 29.1 Å². The number of fused-ring (bicyclic) bond motifs is 1. The quantitative estimate of drug-likeness (QED) is 0.723. The fourth-order valence-electron chi connectivity index (χ4n) is 3.03. The molecule has 1 fully saturated rings. The average molecular weight is 298 g/mol. The lowest BCUT2D eigenvalue weighted by Crippen LogP contribution is -2.23. The second-order valence-corrected chi connectivity index (χ2v) is 6.56. The molecule has 5 heteroatoms. The lowest BCUT2D eigenvalue weighted by Gasteiger charge is -2.21. The van der Waals surface area contributed by atoms with Crippen molar-refractivity contribution in [1.29, 1.82) is 0 Å². The highest BCUT2D eigenvalue weighted by Gasteiger charge is 2.21. The fourth-order valence-corrected chi connectivity index (χ4v) is 3.71. The van der Waals surface area contributed by atoms with Gasteiger partial charge in [0.25, 0.3) is 0 Å². The first-order valence-corrected chi connectivity index (χ1v) is 8.28. The molecule has 0 amide bonds.